The minimum Gasteiger partial charge on any atom is -0.465 e. The summed E-state index contributed by atoms with van der Waals surface area (Å²) in [4.78, 5) is 10.1. The minimum atomic E-state index is -0.345. The van der Waals surface area contributed by atoms with Gasteiger partial charge >= 0.3 is 5.97 Å². The van der Waals surface area contributed by atoms with E-state index in [-0.39, 0.29) is 12.5 Å². The van der Waals surface area contributed by atoms with Crippen LogP contribution in [0.4, 0.5) is 0 Å². The fraction of sp³-hybridized carbons (Fsp3) is 0.750. The summed E-state index contributed by atoms with van der Waals surface area (Å²) in [6, 6.07) is 0. The number of carbonyl (C=O) groups excluding carboxylic acids is 1. The summed E-state index contributed by atoms with van der Waals surface area (Å²) in [5, 5.41) is 0. The molecule has 0 amide bonds. The first-order chi connectivity index (χ1) is 3.31. The molecule has 7 heavy (non-hydrogen) atoms. The van der Waals surface area contributed by atoms with Crippen molar-refractivity contribution in [2.45, 2.75) is 6.92 Å². The highest BCUT2D eigenvalue weighted by atomic mass is 16.6. The van der Waals surface area contributed by atoms with Gasteiger partial charge in [-0.1, -0.05) is 0 Å². The molecule has 3 nitrogen and oxygen atoms in total. The third-order valence-electron chi connectivity index (χ3n) is 0.472. The number of rotatable bonds is 2. The Morgan fingerprint density at radius 1 is 1.86 bits per heavy atom. The Hall–Kier alpha value is -0.570. The molecule has 0 saturated heterocycles. The Labute approximate surface area is 42.4 Å². The normalized spacial score (nSPS) is 8.29. The van der Waals surface area contributed by atoms with Gasteiger partial charge in [0.2, 0.25) is 0 Å². The van der Waals surface area contributed by atoms with Crippen LogP contribution in [0.2, 0.25) is 0 Å². The lowest BCUT2D eigenvalue weighted by atomic mass is 10.9. The molecule has 0 aliphatic rings. The van der Waals surface area contributed by atoms with Crippen molar-refractivity contribution in [2.75, 3.05) is 13.2 Å². The molecule has 0 aromatic heterocycles. The smallest absolute Gasteiger partial charge is 0.319 e. The summed E-state index contributed by atoms with van der Waals surface area (Å²) < 4.78 is 4.43. The number of nitrogens with two attached hydrogens (primary N) is 1. The van der Waals surface area contributed by atoms with E-state index in [0.717, 1.165) is 0 Å². The molecule has 2 N–H and O–H groups in total. The van der Waals surface area contributed by atoms with E-state index in [2.05, 4.69) is 4.74 Å². The molecular weight excluding hydrogens is 95.0 g/mol. The van der Waals surface area contributed by atoms with Gasteiger partial charge in [-0.05, 0) is 6.92 Å². The molecule has 0 heterocycles. The molecule has 0 atom stereocenters. The van der Waals surface area contributed by atoms with Gasteiger partial charge in [0, 0.05) is 0 Å². The van der Waals surface area contributed by atoms with Crippen LogP contribution in [0.25, 0.3) is 0 Å². The van der Waals surface area contributed by atoms with Gasteiger partial charge in [-0.2, -0.15) is 0 Å². The zero-order chi connectivity index (χ0) is 5.70. The molecule has 0 unspecified atom stereocenters. The molecule has 0 spiro atoms. The number of esters is 1. The third-order valence-corrected chi connectivity index (χ3v) is 0.472. The van der Waals surface area contributed by atoms with Crippen LogP contribution in [0.3, 0.4) is 0 Å². The maximum Gasteiger partial charge on any atom is 0.319 e. The zero-order valence-electron chi connectivity index (χ0n) is 4.31. The summed E-state index contributed by atoms with van der Waals surface area (Å²) in [5.74, 6) is -0.345. The Balaban J connectivity index is 3.00. The van der Waals surface area contributed by atoms with Crippen LogP contribution in [0.1, 0.15) is 6.92 Å². The highest BCUT2D eigenvalue weighted by molar-refractivity contribution is 5.71. The predicted molar refractivity (Wildman–Crippen MR) is 25.7 cm³/mol. The molecule has 0 aliphatic carbocycles. The number of ether oxygens (including phenoxy) is 1. The molecule has 0 bridgehead atoms. The average molecular weight is 104 g/mol. The summed E-state index contributed by atoms with van der Waals surface area (Å²) in [5.41, 5.74) is 4.88. The molecule has 0 saturated carbocycles. The fourth-order valence-electron chi connectivity index (χ4n) is 0.220. The second-order valence-corrected chi connectivity index (χ2v) is 1.01. The van der Waals surface area contributed by atoms with E-state index in [1.54, 1.807) is 6.92 Å². The van der Waals surface area contributed by atoms with E-state index < -0.39 is 0 Å². The van der Waals surface area contributed by atoms with Crippen LogP contribution in [-0.2, 0) is 9.53 Å². The highest BCUT2D eigenvalue weighted by Crippen LogP contribution is 1.69. The van der Waals surface area contributed by atoms with Gasteiger partial charge in [0.15, 0.2) is 0 Å². The third kappa shape index (κ3) is 3.26. The first-order valence-corrected chi connectivity index (χ1v) is 2.17. The Bertz CT molecular complexity index is 62.7. The van der Waals surface area contributed by atoms with Gasteiger partial charge < -0.3 is 10.5 Å². The first kappa shape index (κ1) is 6.43. The fourth-order valence-corrected chi connectivity index (χ4v) is 0.220. The summed E-state index contributed by atoms with van der Waals surface area (Å²) in [7, 11) is 0. The van der Waals surface area contributed by atoms with Gasteiger partial charge in [-0.3, -0.25) is 4.79 Å². The van der Waals surface area contributed by atoms with Gasteiger partial charge in [0.05, 0.1) is 13.2 Å². The van der Waals surface area contributed by atoms with Gasteiger partial charge in [-0.25, -0.2) is 0 Å². The molecule has 0 aliphatic heterocycles. The first-order valence-electron chi connectivity index (χ1n) is 2.17. The molecule has 0 aromatic rings. The van der Waals surface area contributed by atoms with Gasteiger partial charge in [0.1, 0.15) is 0 Å². The monoisotopic (exact) mass is 104 g/mol. The van der Waals surface area contributed by atoms with Crippen molar-refractivity contribution in [3.63, 3.8) is 0 Å². The number of hydrogen-bond donors (Lipinski definition) is 1. The highest BCUT2D eigenvalue weighted by Gasteiger charge is 1.91. The lowest BCUT2D eigenvalue weighted by Gasteiger charge is -1.93. The maximum atomic E-state index is 10.1. The average Bonchev–Trinajstić information content (AvgIpc) is 1.68. The molecule has 42 valence electrons. The van der Waals surface area contributed by atoms with Crippen LogP contribution >= 0.6 is 0 Å². The molecule has 0 aromatic carbocycles. The number of hydrogen-bond acceptors (Lipinski definition) is 3. The Morgan fingerprint density at radius 2 is 2.43 bits per heavy atom. The zero-order valence-corrected chi connectivity index (χ0v) is 4.31. The van der Waals surface area contributed by atoms with Crippen molar-refractivity contribution in [3.05, 3.63) is 0 Å². The van der Waals surface area contributed by atoms with Crippen LogP contribution < -0.4 is 5.73 Å². The van der Waals surface area contributed by atoms with E-state index >= 15 is 0 Å². The molecule has 0 rings (SSSR count). The van der Waals surface area contributed by atoms with Crippen molar-refractivity contribution in [1.82, 2.24) is 0 Å². The quantitative estimate of drug-likeness (QED) is 0.380. The summed E-state index contributed by atoms with van der Waals surface area (Å²) in [6.07, 6.45) is 0. The molecule has 3 heteroatoms. The van der Waals surface area contributed by atoms with Crippen molar-refractivity contribution in [1.29, 1.82) is 0 Å². The summed E-state index contributed by atoms with van der Waals surface area (Å²) in [6.45, 7) is 2.14. The minimum absolute atomic E-state index is 0.0200. The second-order valence-electron chi connectivity index (χ2n) is 1.01. The lowest BCUT2D eigenvalue weighted by Crippen LogP contribution is -2.16. The van der Waals surface area contributed by atoms with E-state index in [0.29, 0.717) is 6.61 Å². The molecule has 0 radical (unpaired) electrons. The van der Waals surface area contributed by atoms with Crippen molar-refractivity contribution >= 4 is 5.97 Å². The van der Waals surface area contributed by atoms with Crippen LogP contribution in [-0.4, -0.2) is 19.1 Å². The van der Waals surface area contributed by atoms with Crippen molar-refractivity contribution < 1.29 is 9.53 Å². The largest absolute Gasteiger partial charge is 0.465 e. The molecule has 0 fully saturated rings. The van der Waals surface area contributed by atoms with Crippen molar-refractivity contribution in [3.8, 4) is 0 Å². The van der Waals surface area contributed by atoms with Crippen molar-refractivity contribution in [2.24, 2.45) is 5.73 Å². The van der Waals surface area contributed by atoms with E-state index in [1.165, 1.54) is 0 Å². The predicted octanol–water partition coefficient (Wildman–Crippen LogP) is -0.492. The van der Waals surface area contributed by atoms with E-state index in [4.69, 9.17) is 5.73 Å². The van der Waals surface area contributed by atoms with Gasteiger partial charge in [-0.15, -0.1) is 0 Å². The number of carbonyl (C=O) groups is 1. The lowest BCUT2D eigenvalue weighted by molar-refractivity contribution is -0.141. The standard InChI is InChI=1S/C4H9NO2/c1-2-7-4(6)3-5/h2-3,5H2,1H3/i4+1. The van der Waals surface area contributed by atoms with Gasteiger partial charge in [0.25, 0.3) is 0 Å². The molecular formula is C4H9NO2. The van der Waals surface area contributed by atoms with Crippen LogP contribution in [0.5, 0.6) is 0 Å². The maximum absolute atomic E-state index is 10.1. The van der Waals surface area contributed by atoms with Crippen LogP contribution in [0.15, 0.2) is 0 Å². The van der Waals surface area contributed by atoms with Crippen LogP contribution in [0, 0.1) is 0 Å². The van der Waals surface area contributed by atoms with E-state index in [9.17, 15) is 4.79 Å². The Morgan fingerprint density at radius 3 is 2.57 bits per heavy atom. The second kappa shape index (κ2) is 3.61. The topological polar surface area (TPSA) is 52.3 Å². The Kier molecular flexibility index (Phi) is 3.32. The van der Waals surface area contributed by atoms with E-state index in [1.807, 2.05) is 0 Å². The summed E-state index contributed by atoms with van der Waals surface area (Å²) >= 11 is 0. The SMILES string of the molecule is CCO[13C](=O)CN.